The lowest BCUT2D eigenvalue weighted by atomic mass is 10.2. The standard InChI is InChI=1S/C18H28N4O3Si/c1-18(2,3)26(5,6)25-10-8-15(17(23)24-4)13-21-22-16-11-14(12-19)7-9-20-16/h7,9,11,13,21H,8,10H2,1-6H3,(H,20,22)/b15-13+. The van der Waals surface area contributed by atoms with E-state index in [1.807, 2.05) is 6.07 Å². The van der Waals surface area contributed by atoms with Crippen molar-refractivity contribution in [3.63, 3.8) is 0 Å². The molecule has 0 aliphatic heterocycles. The fourth-order valence-electron chi connectivity index (χ4n) is 1.76. The van der Waals surface area contributed by atoms with E-state index < -0.39 is 14.3 Å². The molecule has 0 bridgehead atoms. The van der Waals surface area contributed by atoms with E-state index in [1.165, 1.54) is 19.5 Å². The van der Waals surface area contributed by atoms with E-state index in [4.69, 9.17) is 14.4 Å². The normalized spacial score (nSPS) is 12.3. The van der Waals surface area contributed by atoms with E-state index in [0.717, 1.165) is 0 Å². The number of methoxy groups -OCH3 is 1. The fourth-order valence-corrected chi connectivity index (χ4v) is 2.81. The Balaban J connectivity index is 2.67. The van der Waals surface area contributed by atoms with Gasteiger partial charge in [-0.2, -0.15) is 5.26 Å². The Kier molecular flexibility index (Phi) is 7.80. The maximum Gasteiger partial charge on any atom is 0.335 e. The number of nitrogens with one attached hydrogen (secondary N) is 2. The smallest absolute Gasteiger partial charge is 0.335 e. The van der Waals surface area contributed by atoms with E-state index in [9.17, 15) is 4.79 Å². The minimum atomic E-state index is -1.87. The highest BCUT2D eigenvalue weighted by atomic mass is 28.4. The first-order valence-corrected chi connectivity index (χ1v) is 11.3. The molecule has 1 aromatic heterocycles. The summed E-state index contributed by atoms with van der Waals surface area (Å²) in [5, 5.41) is 9.00. The van der Waals surface area contributed by atoms with Crippen LogP contribution in [0.2, 0.25) is 18.1 Å². The Morgan fingerprint density at radius 3 is 2.69 bits per heavy atom. The number of nitriles is 1. The zero-order valence-corrected chi connectivity index (χ0v) is 17.3. The Morgan fingerprint density at radius 2 is 2.12 bits per heavy atom. The summed E-state index contributed by atoms with van der Waals surface area (Å²) in [6.07, 6.45) is 3.49. The number of nitrogens with zero attached hydrogens (tertiary/aromatic N) is 2. The second kappa shape index (κ2) is 9.36. The summed E-state index contributed by atoms with van der Waals surface area (Å²) >= 11 is 0. The number of anilines is 1. The molecule has 8 heteroatoms. The van der Waals surface area contributed by atoms with Crippen molar-refractivity contribution in [3.8, 4) is 6.07 Å². The number of hydrazine groups is 1. The van der Waals surface area contributed by atoms with Gasteiger partial charge in [0.2, 0.25) is 0 Å². The largest absolute Gasteiger partial charge is 0.466 e. The summed E-state index contributed by atoms with van der Waals surface area (Å²) in [6.45, 7) is 11.3. The summed E-state index contributed by atoms with van der Waals surface area (Å²) < 4.78 is 10.9. The number of ether oxygens (including phenoxy) is 1. The van der Waals surface area contributed by atoms with Crippen molar-refractivity contribution in [3.05, 3.63) is 35.7 Å². The van der Waals surface area contributed by atoms with Crippen LogP contribution in [0.25, 0.3) is 0 Å². The highest BCUT2D eigenvalue weighted by molar-refractivity contribution is 6.74. The number of carbonyl (C=O) groups is 1. The average molecular weight is 377 g/mol. The van der Waals surface area contributed by atoms with Gasteiger partial charge in [0.05, 0.1) is 24.3 Å². The molecule has 1 aromatic rings. The topological polar surface area (TPSA) is 96.3 Å². The molecule has 1 heterocycles. The van der Waals surface area contributed by atoms with Crippen molar-refractivity contribution in [1.82, 2.24) is 10.4 Å². The molecule has 2 N–H and O–H groups in total. The van der Waals surface area contributed by atoms with Crippen molar-refractivity contribution in [2.24, 2.45) is 0 Å². The average Bonchev–Trinajstić information content (AvgIpc) is 2.58. The third-order valence-corrected chi connectivity index (χ3v) is 8.96. The number of rotatable bonds is 8. The third kappa shape index (κ3) is 6.50. The molecule has 0 spiro atoms. The predicted octanol–water partition coefficient (Wildman–Crippen LogP) is 3.34. The van der Waals surface area contributed by atoms with Gasteiger partial charge in [-0.05, 0) is 30.3 Å². The molecule has 0 saturated heterocycles. The van der Waals surface area contributed by atoms with Gasteiger partial charge in [-0.1, -0.05) is 20.8 Å². The molecule has 26 heavy (non-hydrogen) atoms. The predicted molar refractivity (Wildman–Crippen MR) is 104 cm³/mol. The molecule has 0 fully saturated rings. The van der Waals surface area contributed by atoms with E-state index in [-0.39, 0.29) is 5.04 Å². The van der Waals surface area contributed by atoms with Gasteiger partial charge in [0, 0.05) is 25.4 Å². The van der Waals surface area contributed by atoms with Crippen LogP contribution < -0.4 is 10.9 Å². The molecule has 0 amide bonds. The maximum atomic E-state index is 11.9. The van der Waals surface area contributed by atoms with Gasteiger partial charge in [-0.15, -0.1) is 0 Å². The second-order valence-electron chi connectivity index (χ2n) is 7.33. The van der Waals surface area contributed by atoms with Crippen LogP contribution in [0.4, 0.5) is 5.82 Å². The second-order valence-corrected chi connectivity index (χ2v) is 12.1. The van der Waals surface area contributed by atoms with Crippen LogP contribution in [-0.2, 0) is 14.0 Å². The zero-order valence-electron chi connectivity index (χ0n) is 16.3. The third-order valence-electron chi connectivity index (χ3n) is 4.42. The van der Waals surface area contributed by atoms with Crippen LogP contribution in [-0.4, -0.2) is 33.0 Å². The first-order chi connectivity index (χ1) is 12.1. The molecule has 0 aliphatic rings. The van der Waals surface area contributed by atoms with Gasteiger partial charge < -0.3 is 14.6 Å². The molecule has 1 rings (SSSR count). The quantitative estimate of drug-likeness (QED) is 0.311. The summed E-state index contributed by atoms with van der Waals surface area (Å²) in [5.74, 6) is 0.0545. The van der Waals surface area contributed by atoms with Gasteiger partial charge >= 0.3 is 5.97 Å². The zero-order chi connectivity index (χ0) is 19.8. The lowest BCUT2D eigenvalue weighted by Gasteiger charge is -2.36. The van der Waals surface area contributed by atoms with Gasteiger partial charge in [0.25, 0.3) is 0 Å². The van der Waals surface area contributed by atoms with Crippen LogP contribution in [0.1, 0.15) is 32.8 Å². The van der Waals surface area contributed by atoms with Crippen molar-refractivity contribution >= 4 is 20.1 Å². The minimum Gasteiger partial charge on any atom is -0.466 e. The van der Waals surface area contributed by atoms with Crippen LogP contribution in [0.15, 0.2) is 30.1 Å². The summed E-state index contributed by atoms with van der Waals surface area (Å²) in [6, 6.07) is 5.24. The van der Waals surface area contributed by atoms with E-state index in [2.05, 4.69) is 49.7 Å². The number of esters is 1. The van der Waals surface area contributed by atoms with E-state index in [1.54, 1.807) is 12.1 Å². The SMILES string of the molecule is COC(=O)/C(=C/NNc1cc(C#N)ccn1)CCO[Si](C)(C)C(C)(C)C. The summed E-state index contributed by atoms with van der Waals surface area (Å²) in [4.78, 5) is 16.0. The summed E-state index contributed by atoms with van der Waals surface area (Å²) in [5.41, 5.74) is 6.59. The molecular weight excluding hydrogens is 348 g/mol. The molecule has 7 nitrogen and oxygen atoms in total. The highest BCUT2D eigenvalue weighted by Gasteiger charge is 2.37. The Labute approximate surface area is 156 Å². The lowest BCUT2D eigenvalue weighted by molar-refractivity contribution is -0.136. The minimum absolute atomic E-state index is 0.110. The van der Waals surface area contributed by atoms with Gasteiger partial charge in [-0.25, -0.2) is 9.78 Å². The van der Waals surface area contributed by atoms with Crippen molar-refractivity contribution < 1.29 is 14.0 Å². The number of aromatic nitrogens is 1. The molecule has 0 aliphatic carbocycles. The first kappa shape index (κ1) is 21.7. The maximum absolute atomic E-state index is 11.9. The Hall–Kier alpha value is -2.37. The van der Waals surface area contributed by atoms with Crippen LogP contribution >= 0.6 is 0 Å². The van der Waals surface area contributed by atoms with Crippen LogP contribution in [0.5, 0.6) is 0 Å². The number of hydrogen-bond donors (Lipinski definition) is 2. The molecule has 0 aromatic carbocycles. The number of hydrogen-bond acceptors (Lipinski definition) is 7. The molecule has 0 saturated carbocycles. The first-order valence-electron chi connectivity index (χ1n) is 8.39. The van der Waals surface area contributed by atoms with Crippen LogP contribution in [0, 0.1) is 11.3 Å². The van der Waals surface area contributed by atoms with E-state index in [0.29, 0.717) is 30.0 Å². The monoisotopic (exact) mass is 376 g/mol. The molecule has 0 unspecified atom stereocenters. The fraction of sp³-hybridized carbons (Fsp3) is 0.500. The molecule has 0 atom stereocenters. The van der Waals surface area contributed by atoms with Crippen molar-refractivity contribution in [1.29, 1.82) is 5.26 Å². The number of pyridine rings is 1. The van der Waals surface area contributed by atoms with Gasteiger partial charge in [-0.3, -0.25) is 5.43 Å². The van der Waals surface area contributed by atoms with Gasteiger partial charge in [0.1, 0.15) is 5.82 Å². The highest BCUT2D eigenvalue weighted by Crippen LogP contribution is 2.36. The van der Waals surface area contributed by atoms with Crippen molar-refractivity contribution in [2.75, 3.05) is 19.1 Å². The Bertz CT molecular complexity index is 690. The number of carbonyl (C=O) groups excluding carboxylic acids is 1. The van der Waals surface area contributed by atoms with Gasteiger partial charge in [0.15, 0.2) is 8.32 Å². The van der Waals surface area contributed by atoms with E-state index >= 15 is 0 Å². The molecule has 0 radical (unpaired) electrons. The lowest BCUT2D eigenvalue weighted by Crippen LogP contribution is -2.41. The molecular formula is C18H28N4O3Si. The Morgan fingerprint density at radius 1 is 1.42 bits per heavy atom. The summed E-state index contributed by atoms with van der Waals surface area (Å²) in [7, 11) is -0.524. The molecule has 142 valence electrons. The van der Waals surface area contributed by atoms with Crippen LogP contribution in [0.3, 0.4) is 0 Å². The van der Waals surface area contributed by atoms with Crippen molar-refractivity contribution in [2.45, 2.75) is 45.3 Å².